The molecule has 0 aromatic heterocycles. The minimum atomic E-state index is 0.0306. The normalized spacial score (nSPS) is 13.2. The van der Waals surface area contributed by atoms with E-state index >= 15 is 0 Å². The van der Waals surface area contributed by atoms with Crippen LogP contribution in [0.5, 0.6) is 5.75 Å². The summed E-state index contributed by atoms with van der Waals surface area (Å²) in [5.41, 5.74) is 3.60. The quantitative estimate of drug-likeness (QED) is 0.867. The molecule has 3 rings (SSSR count). The first-order valence-corrected chi connectivity index (χ1v) is 6.84. The van der Waals surface area contributed by atoms with E-state index in [1.807, 2.05) is 42.5 Å². The van der Waals surface area contributed by atoms with Crippen LogP contribution in [0.4, 0.5) is 5.69 Å². The maximum absolute atomic E-state index is 12.8. The van der Waals surface area contributed by atoms with Crippen molar-refractivity contribution in [3.63, 3.8) is 0 Å². The summed E-state index contributed by atoms with van der Waals surface area (Å²) in [4.78, 5) is 12.8. The molecule has 3 nitrogen and oxygen atoms in total. The molecule has 0 unspecified atom stereocenters. The van der Waals surface area contributed by atoms with Gasteiger partial charge in [0.2, 0.25) is 0 Å². The third-order valence-corrected chi connectivity index (χ3v) is 3.69. The summed E-state index contributed by atoms with van der Waals surface area (Å²) in [6.07, 6.45) is 2.00. The van der Waals surface area contributed by atoms with Crippen LogP contribution >= 0.6 is 0 Å². The molecule has 1 aliphatic heterocycles. The number of carbonyl (C=O) groups is 1. The largest absolute Gasteiger partial charge is 0.496 e. The van der Waals surface area contributed by atoms with Crippen LogP contribution < -0.4 is 10.1 Å². The topological polar surface area (TPSA) is 38.3 Å². The van der Waals surface area contributed by atoms with Crippen LogP contribution in [0.3, 0.4) is 0 Å². The van der Waals surface area contributed by atoms with E-state index in [1.54, 1.807) is 7.11 Å². The molecule has 0 radical (unpaired) electrons. The molecule has 2 aromatic carbocycles. The predicted molar refractivity (Wildman–Crippen MR) is 79.7 cm³/mol. The Morgan fingerprint density at radius 1 is 1.10 bits per heavy atom. The highest BCUT2D eigenvalue weighted by Gasteiger charge is 2.20. The summed E-state index contributed by atoms with van der Waals surface area (Å²) in [7, 11) is 1.59. The first kappa shape index (κ1) is 12.7. The molecule has 1 heterocycles. The molecular weight excluding hydrogens is 250 g/mol. The molecule has 102 valence electrons. The van der Waals surface area contributed by atoms with Gasteiger partial charge in [0.25, 0.3) is 0 Å². The average molecular weight is 267 g/mol. The van der Waals surface area contributed by atoms with E-state index in [1.165, 1.54) is 0 Å². The lowest BCUT2D eigenvalue weighted by Crippen LogP contribution is -2.16. The average Bonchev–Trinajstić information content (AvgIpc) is 2.53. The highest BCUT2D eigenvalue weighted by Crippen LogP contribution is 2.29. The van der Waals surface area contributed by atoms with Crippen molar-refractivity contribution in [1.82, 2.24) is 0 Å². The second kappa shape index (κ2) is 5.37. The number of benzene rings is 2. The van der Waals surface area contributed by atoms with Crippen molar-refractivity contribution in [3.8, 4) is 5.75 Å². The number of para-hydroxylation sites is 1. The zero-order valence-electron chi connectivity index (χ0n) is 11.5. The molecular formula is C17H17NO2. The lowest BCUT2D eigenvalue weighted by molar-refractivity contribution is 0.103. The van der Waals surface area contributed by atoms with E-state index in [0.717, 1.165) is 36.2 Å². The summed E-state index contributed by atoms with van der Waals surface area (Å²) in [6.45, 7) is 0.972. The Balaban J connectivity index is 2.07. The van der Waals surface area contributed by atoms with Gasteiger partial charge in [-0.3, -0.25) is 4.79 Å². The predicted octanol–water partition coefficient (Wildman–Crippen LogP) is 3.28. The molecule has 0 saturated carbocycles. The van der Waals surface area contributed by atoms with Gasteiger partial charge in [-0.25, -0.2) is 0 Å². The van der Waals surface area contributed by atoms with Crippen molar-refractivity contribution in [2.75, 3.05) is 19.0 Å². The molecule has 1 aliphatic rings. The summed E-state index contributed by atoms with van der Waals surface area (Å²) in [5.74, 6) is 0.655. The molecule has 0 saturated heterocycles. The Morgan fingerprint density at radius 2 is 1.90 bits per heavy atom. The number of rotatable bonds is 3. The molecule has 0 aliphatic carbocycles. The Hall–Kier alpha value is -2.29. The Kier molecular flexibility index (Phi) is 3.42. The minimum Gasteiger partial charge on any atom is -0.496 e. The van der Waals surface area contributed by atoms with Crippen LogP contribution in [0, 0.1) is 0 Å². The van der Waals surface area contributed by atoms with Gasteiger partial charge >= 0.3 is 0 Å². The number of ether oxygens (including phenoxy) is 1. The molecule has 0 spiro atoms. The number of carbonyl (C=O) groups excluding carboxylic acids is 1. The SMILES string of the molecule is COc1ccccc1C(=O)c1cccc2c1CCCN2. The number of hydrogen-bond donors (Lipinski definition) is 1. The third kappa shape index (κ3) is 2.16. The second-order valence-corrected chi connectivity index (χ2v) is 4.89. The zero-order valence-corrected chi connectivity index (χ0v) is 11.5. The van der Waals surface area contributed by atoms with Gasteiger partial charge in [-0.1, -0.05) is 24.3 Å². The van der Waals surface area contributed by atoms with Gasteiger partial charge in [-0.15, -0.1) is 0 Å². The van der Waals surface area contributed by atoms with Crippen LogP contribution in [0.15, 0.2) is 42.5 Å². The molecule has 0 amide bonds. The highest BCUT2D eigenvalue weighted by molar-refractivity contribution is 6.12. The van der Waals surface area contributed by atoms with Crippen molar-refractivity contribution < 1.29 is 9.53 Å². The fourth-order valence-electron chi connectivity index (χ4n) is 2.70. The van der Waals surface area contributed by atoms with Crippen LogP contribution in [0.2, 0.25) is 0 Å². The van der Waals surface area contributed by atoms with Gasteiger partial charge in [0.05, 0.1) is 12.7 Å². The summed E-state index contributed by atoms with van der Waals surface area (Å²) in [6, 6.07) is 13.2. The van der Waals surface area contributed by atoms with Crippen molar-refractivity contribution in [2.45, 2.75) is 12.8 Å². The number of ketones is 1. The maximum Gasteiger partial charge on any atom is 0.197 e. The summed E-state index contributed by atoms with van der Waals surface area (Å²) >= 11 is 0. The van der Waals surface area contributed by atoms with Gasteiger partial charge in [-0.2, -0.15) is 0 Å². The maximum atomic E-state index is 12.8. The van der Waals surface area contributed by atoms with Crippen molar-refractivity contribution >= 4 is 11.5 Å². The van der Waals surface area contributed by atoms with E-state index in [-0.39, 0.29) is 5.78 Å². The van der Waals surface area contributed by atoms with E-state index in [9.17, 15) is 4.79 Å². The molecule has 20 heavy (non-hydrogen) atoms. The zero-order chi connectivity index (χ0) is 13.9. The van der Waals surface area contributed by atoms with E-state index < -0.39 is 0 Å². The Labute approximate surface area is 118 Å². The molecule has 2 aromatic rings. The standard InChI is InChI=1S/C17H17NO2/c1-20-16-10-3-2-6-14(16)17(19)13-7-4-9-15-12(13)8-5-11-18-15/h2-4,6-7,9-10,18H,5,8,11H2,1H3. The number of anilines is 1. The molecule has 1 N–H and O–H groups in total. The van der Waals surface area contributed by atoms with Gasteiger partial charge in [-0.05, 0) is 36.6 Å². The van der Waals surface area contributed by atoms with Gasteiger partial charge in [0.1, 0.15) is 5.75 Å². The van der Waals surface area contributed by atoms with Crippen LogP contribution in [-0.2, 0) is 6.42 Å². The summed E-state index contributed by atoms with van der Waals surface area (Å²) in [5, 5.41) is 3.35. The van der Waals surface area contributed by atoms with E-state index in [2.05, 4.69) is 5.32 Å². The molecule has 0 fully saturated rings. The van der Waals surface area contributed by atoms with Crippen LogP contribution in [-0.4, -0.2) is 19.4 Å². The minimum absolute atomic E-state index is 0.0306. The highest BCUT2D eigenvalue weighted by atomic mass is 16.5. The van der Waals surface area contributed by atoms with E-state index in [4.69, 9.17) is 4.74 Å². The van der Waals surface area contributed by atoms with Gasteiger partial charge in [0, 0.05) is 17.8 Å². The van der Waals surface area contributed by atoms with Gasteiger partial charge < -0.3 is 10.1 Å². The number of nitrogens with one attached hydrogen (secondary N) is 1. The fraction of sp³-hybridized carbons (Fsp3) is 0.235. The fourth-order valence-corrected chi connectivity index (χ4v) is 2.70. The lowest BCUT2D eigenvalue weighted by atomic mass is 9.92. The smallest absolute Gasteiger partial charge is 0.197 e. The third-order valence-electron chi connectivity index (χ3n) is 3.69. The van der Waals surface area contributed by atoms with Crippen molar-refractivity contribution in [2.24, 2.45) is 0 Å². The van der Waals surface area contributed by atoms with Gasteiger partial charge in [0.15, 0.2) is 5.78 Å². The van der Waals surface area contributed by atoms with Crippen molar-refractivity contribution in [1.29, 1.82) is 0 Å². The van der Waals surface area contributed by atoms with E-state index in [0.29, 0.717) is 11.3 Å². The number of methoxy groups -OCH3 is 1. The molecule has 0 atom stereocenters. The van der Waals surface area contributed by atoms with Crippen LogP contribution in [0.1, 0.15) is 27.9 Å². The first-order valence-electron chi connectivity index (χ1n) is 6.84. The van der Waals surface area contributed by atoms with Crippen LogP contribution in [0.25, 0.3) is 0 Å². The Morgan fingerprint density at radius 3 is 2.75 bits per heavy atom. The summed E-state index contributed by atoms with van der Waals surface area (Å²) < 4.78 is 5.30. The number of hydrogen-bond acceptors (Lipinski definition) is 3. The second-order valence-electron chi connectivity index (χ2n) is 4.89. The Bertz CT molecular complexity index is 649. The van der Waals surface area contributed by atoms with Crippen molar-refractivity contribution in [3.05, 3.63) is 59.2 Å². The molecule has 3 heteroatoms. The molecule has 0 bridgehead atoms. The number of fused-ring (bicyclic) bond motifs is 1. The first-order chi connectivity index (χ1) is 9.81. The lowest BCUT2D eigenvalue weighted by Gasteiger charge is -2.20. The monoisotopic (exact) mass is 267 g/mol.